The lowest BCUT2D eigenvalue weighted by molar-refractivity contribution is -0.112. The van der Waals surface area contributed by atoms with Crippen molar-refractivity contribution in [2.24, 2.45) is 7.05 Å². The Bertz CT molecular complexity index is 1890. The molecule has 0 unspecified atom stereocenters. The molecule has 1 amide bonds. The molecule has 0 radical (unpaired) electrons. The van der Waals surface area contributed by atoms with Crippen molar-refractivity contribution >= 4 is 52.0 Å². The van der Waals surface area contributed by atoms with E-state index in [1.807, 2.05) is 77.8 Å². The number of carbonyl (C=O) groups excluding carboxylic acids is 1. The van der Waals surface area contributed by atoms with Crippen LogP contribution in [-0.2, 0) is 18.3 Å². The first-order valence-electron chi connectivity index (χ1n) is 15.1. The molecule has 1 aromatic heterocycles. The molecule has 46 heavy (non-hydrogen) atoms. The van der Waals surface area contributed by atoms with Gasteiger partial charge >= 0.3 is 5.97 Å². The summed E-state index contributed by atoms with van der Waals surface area (Å²) in [6.45, 7) is 8.33. The number of nitrogens with zero attached hydrogens (tertiary/aromatic N) is 3. The van der Waals surface area contributed by atoms with Crippen LogP contribution >= 0.6 is 23.2 Å². The number of carbonyl (C=O) groups is 2. The van der Waals surface area contributed by atoms with Gasteiger partial charge in [-0.25, -0.2) is 4.79 Å². The van der Waals surface area contributed by atoms with Crippen molar-refractivity contribution in [3.63, 3.8) is 0 Å². The molecule has 5 rings (SSSR count). The average Bonchev–Trinajstić information content (AvgIpc) is 3.49. The third kappa shape index (κ3) is 6.50. The molecule has 8 nitrogen and oxygen atoms in total. The summed E-state index contributed by atoms with van der Waals surface area (Å²) in [5.74, 6) is -0.602. The van der Waals surface area contributed by atoms with Crippen molar-refractivity contribution in [3.05, 3.63) is 97.3 Å². The maximum Gasteiger partial charge on any atom is 0.335 e. The Hall–Kier alpha value is -4.27. The minimum atomic E-state index is -1.07. The zero-order valence-electron chi connectivity index (χ0n) is 27.1. The predicted octanol–water partition coefficient (Wildman–Crippen LogP) is 8.20. The second kappa shape index (κ2) is 13.2. The second-order valence-corrected chi connectivity index (χ2v) is 12.8. The molecule has 1 aliphatic rings. The molecular weight excluding hydrogens is 623 g/mol. The molecule has 0 saturated heterocycles. The molecule has 0 aliphatic heterocycles. The zero-order chi connectivity index (χ0) is 33.4. The van der Waals surface area contributed by atoms with Gasteiger partial charge in [-0.15, -0.1) is 0 Å². The number of rotatable bonds is 10. The molecule has 0 saturated carbocycles. The number of benzene rings is 3. The number of carboxylic acids is 1. The summed E-state index contributed by atoms with van der Waals surface area (Å²) in [7, 11) is 5.55. The minimum absolute atomic E-state index is 0.0897. The van der Waals surface area contributed by atoms with E-state index in [-0.39, 0.29) is 11.5 Å². The first-order valence-corrected chi connectivity index (χ1v) is 15.8. The fourth-order valence-corrected chi connectivity index (χ4v) is 6.52. The fraction of sp³-hybridized carbons (Fsp3) is 0.306. The molecular formula is C36H38Cl2N4O4. The van der Waals surface area contributed by atoms with Crippen molar-refractivity contribution in [1.82, 2.24) is 9.78 Å². The summed E-state index contributed by atoms with van der Waals surface area (Å²) in [5.41, 5.74) is 10.2. The lowest BCUT2D eigenvalue weighted by Crippen LogP contribution is -2.17. The molecule has 0 atom stereocenters. The molecule has 2 N–H and O–H groups in total. The van der Waals surface area contributed by atoms with Crippen LogP contribution in [0.15, 0.2) is 48.0 Å². The topological polar surface area (TPSA) is 96.7 Å². The van der Waals surface area contributed by atoms with E-state index in [4.69, 9.17) is 27.9 Å². The zero-order valence-corrected chi connectivity index (χ0v) is 28.7. The lowest BCUT2D eigenvalue weighted by Gasteiger charge is -2.16. The van der Waals surface area contributed by atoms with E-state index in [1.54, 1.807) is 17.0 Å². The molecule has 1 heterocycles. The van der Waals surface area contributed by atoms with Crippen LogP contribution in [0.4, 0.5) is 11.4 Å². The number of nitrogens with one attached hydrogen (secondary N) is 1. The number of halogens is 2. The molecule has 0 fully saturated rings. The van der Waals surface area contributed by atoms with Crippen LogP contribution in [-0.4, -0.2) is 47.5 Å². The van der Waals surface area contributed by atoms with Crippen LogP contribution in [0.25, 0.3) is 16.7 Å². The highest BCUT2D eigenvalue weighted by molar-refractivity contribution is 6.34. The highest BCUT2D eigenvalue weighted by Crippen LogP contribution is 2.45. The standard InChI is InChI=1S/C36H38Cl2N4O4/c1-19-13-26(14-20(2)34(19)38)46-12-8-9-27-28-10-11-31(37)33(32-21(3)40-42(7)22(32)4)29(28)18-30(27)35(43)39-24-15-23(36(44)45)16-25(17-24)41(5)6/h10-11,13-17H,8-9,12,18H2,1-7H3,(H,39,43)(H,44,45). The first-order chi connectivity index (χ1) is 21.8. The number of hydrogen-bond donors (Lipinski definition) is 2. The molecule has 10 heteroatoms. The number of aromatic nitrogens is 2. The predicted molar refractivity (Wildman–Crippen MR) is 186 cm³/mol. The second-order valence-electron chi connectivity index (χ2n) is 12.0. The van der Waals surface area contributed by atoms with E-state index in [2.05, 4.69) is 10.4 Å². The Morgan fingerprint density at radius 3 is 2.33 bits per heavy atom. The summed E-state index contributed by atoms with van der Waals surface area (Å²) < 4.78 is 7.95. The molecule has 4 aromatic rings. The summed E-state index contributed by atoms with van der Waals surface area (Å²) in [4.78, 5) is 27.7. The van der Waals surface area contributed by atoms with E-state index in [0.717, 1.165) is 61.1 Å². The van der Waals surface area contributed by atoms with Crippen LogP contribution in [0.5, 0.6) is 5.75 Å². The number of anilines is 2. The highest BCUT2D eigenvalue weighted by atomic mass is 35.5. The number of allylic oxidation sites excluding steroid dienone is 1. The van der Waals surface area contributed by atoms with E-state index in [0.29, 0.717) is 47.8 Å². The van der Waals surface area contributed by atoms with Crippen molar-refractivity contribution in [2.45, 2.75) is 47.0 Å². The van der Waals surface area contributed by atoms with Gasteiger partial charge in [0.1, 0.15) is 5.75 Å². The van der Waals surface area contributed by atoms with Gasteiger partial charge in [-0.3, -0.25) is 9.48 Å². The highest BCUT2D eigenvalue weighted by Gasteiger charge is 2.31. The van der Waals surface area contributed by atoms with Crippen molar-refractivity contribution in [1.29, 1.82) is 0 Å². The van der Waals surface area contributed by atoms with Crippen molar-refractivity contribution < 1.29 is 19.4 Å². The van der Waals surface area contributed by atoms with Gasteiger partial charge in [0.25, 0.3) is 5.91 Å². The number of hydrogen-bond acceptors (Lipinski definition) is 5. The Kier molecular flexibility index (Phi) is 9.52. The summed E-state index contributed by atoms with van der Waals surface area (Å²) in [6.07, 6.45) is 1.62. The van der Waals surface area contributed by atoms with Crippen LogP contribution in [0.2, 0.25) is 10.0 Å². The van der Waals surface area contributed by atoms with Gasteiger partial charge < -0.3 is 20.1 Å². The molecule has 0 bridgehead atoms. The normalized spacial score (nSPS) is 12.4. The number of amides is 1. The van der Waals surface area contributed by atoms with E-state index < -0.39 is 5.97 Å². The monoisotopic (exact) mass is 660 g/mol. The number of aryl methyl sites for hydroxylation is 4. The quantitative estimate of drug-likeness (QED) is 0.166. The van der Waals surface area contributed by atoms with Gasteiger partial charge in [-0.2, -0.15) is 5.10 Å². The maximum absolute atomic E-state index is 14.1. The van der Waals surface area contributed by atoms with Crippen LogP contribution in [0.1, 0.15) is 56.8 Å². The fourth-order valence-electron chi connectivity index (χ4n) is 6.14. The number of ether oxygens (including phenoxy) is 1. The minimum Gasteiger partial charge on any atom is -0.494 e. The molecule has 240 valence electrons. The largest absolute Gasteiger partial charge is 0.494 e. The SMILES string of the molecule is Cc1cc(OCCCC2=C(C(=O)Nc3cc(C(=O)O)cc(N(C)C)c3)Cc3c2ccc(Cl)c3-c2c(C)nn(C)c2C)cc(C)c1Cl. The van der Waals surface area contributed by atoms with Gasteiger partial charge in [0, 0.05) is 71.4 Å². The van der Waals surface area contributed by atoms with E-state index in [9.17, 15) is 14.7 Å². The van der Waals surface area contributed by atoms with Gasteiger partial charge in [0.2, 0.25) is 0 Å². The van der Waals surface area contributed by atoms with E-state index >= 15 is 0 Å². The summed E-state index contributed by atoms with van der Waals surface area (Å²) in [6, 6.07) is 12.5. The van der Waals surface area contributed by atoms with Crippen molar-refractivity contribution in [3.8, 4) is 16.9 Å². The maximum atomic E-state index is 14.1. The average molecular weight is 662 g/mol. The third-order valence-electron chi connectivity index (χ3n) is 8.53. The number of aromatic carboxylic acids is 1. The molecule has 1 aliphatic carbocycles. The van der Waals surface area contributed by atoms with Crippen molar-refractivity contribution in [2.75, 3.05) is 30.9 Å². The smallest absolute Gasteiger partial charge is 0.335 e. The first kappa shape index (κ1) is 33.1. The molecule has 0 spiro atoms. The van der Waals surface area contributed by atoms with Gasteiger partial charge in [-0.1, -0.05) is 29.3 Å². The summed E-state index contributed by atoms with van der Waals surface area (Å²) >= 11 is 13.2. The van der Waals surface area contributed by atoms with Crippen LogP contribution in [0.3, 0.4) is 0 Å². The Morgan fingerprint density at radius 1 is 1.02 bits per heavy atom. The third-order valence-corrected chi connectivity index (χ3v) is 9.44. The van der Waals surface area contributed by atoms with Gasteiger partial charge in [0.15, 0.2) is 0 Å². The van der Waals surface area contributed by atoms with Crippen LogP contribution < -0.4 is 15.0 Å². The van der Waals surface area contributed by atoms with Gasteiger partial charge in [-0.05, 0) is 105 Å². The van der Waals surface area contributed by atoms with E-state index in [1.165, 1.54) is 6.07 Å². The molecule has 3 aromatic carbocycles. The Balaban J connectivity index is 1.50. The number of carboxylic acid groups (broad SMARTS) is 1. The lowest BCUT2D eigenvalue weighted by atomic mass is 9.93. The summed E-state index contributed by atoms with van der Waals surface area (Å²) in [5, 5.41) is 18.6. The Morgan fingerprint density at radius 2 is 1.72 bits per heavy atom. The van der Waals surface area contributed by atoms with Crippen LogP contribution in [0, 0.1) is 27.7 Å². The number of fused-ring (bicyclic) bond motifs is 1. The Labute approximate surface area is 279 Å². The van der Waals surface area contributed by atoms with Gasteiger partial charge in [0.05, 0.1) is 17.9 Å².